The molecule has 2 aromatic heterocycles. The van der Waals surface area contributed by atoms with Gasteiger partial charge in [0.15, 0.2) is 0 Å². The third-order valence-corrected chi connectivity index (χ3v) is 4.62. The third-order valence-electron chi connectivity index (χ3n) is 4.62. The molecule has 0 atom stereocenters. The first-order chi connectivity index (χ1) is 10.9. The first-order valence-corrected chi connectivity index (χ1v) is 7.81. The summed E-state index contributed by atoms with van der Waals surface area (Å²) in [5.74, 6) is 0.710. The Balaban J connectivity index is 2.37. The Morgan fingerprint density at radius 3 is 2.48 bits per heavy atom. The van der Waals surface area contributed by atoms with Crippen LogP contribution in [0.4, 0.5) is 0 Å². The second-order valence-electron chi connectivity index (χ2n) is 5.96. The van der Waals surface area contributed by atoms with Crippen molar-refractivity contribution in [2.75, 3.05) is 0 Å². The highest BCUT2D eigenvalue weighted by atomic mass is 16.5. The van der Waals surface area contributed by atoms with Gasteiger partial charge in [-0.25, -0.2) is 4.79 Å². The van der Waals surface area contributed by atoms with Gasteiger partial charge < -0.3 is 19.6 Å². The fraction of sp³-hybridized carbons (Fsp3) is 0.412. The van der Waals surface area contributed by atoms with Crippen molar-refractivity contribution >= 4 is 11.0 Å². The Labute approximate surface area is 133 Å². The average Bonchev–Trinajstić information content (AvgIpc) is 3.06. The molecule has 0 unspecified atom stereocenters. The van der Waals surface area contributed by atoms with Crippen LogP contribution in [0, 0.1) is 13.8 Å². The lowest BCUT2D eigenvalue weighted by Crippen LogP contribution is -2.24. The molecule has 0 saturated heterocycles. The third kappa shape index (κ3) is 2.39. The van der Waals surface area contributed by atoms with E-state index in [2.05, 4.69) is 15.1 Å². The van der Waals surface area contributed by atoms with Crippen LogP contribution < -0.4 is 5.69 Å². The zero-order valence-corrected chi connectivity index (χ0v) is 13.8. The van der Waals surface area contributed by atoms with Crippen LogP contribution in [0.5, 0.6) is 0 Å². The maximum atomic E-state index is 11.8. The lowest BCUT2D eigenvalue weighted by atomic mass is 9.85. The Morgan fingerprint density at radius 1 is 1.22 bits per heavy atom. The van der Waals surface area contributed by atoms with E-state index in [0.717, 1.165) is 16.8 Å². The average molecular weight is 315 g/mol. The highest BCUT2D eigenvalue weighted by molar-refractivity contribution is 5.86. The van der Waals surface area contributed by atoms with Gasteiger partial charge in [-0.05, 0) is 44.4 Å². The van der Waals surface area contributed by atoms with Gasteiger partial charge in [0.05, 0.1) is 22.3 Å². The van der Waals surface area contributed by atoms with Gasteiger partial charge in [0.1, 0.15) is 5.76 Å². The van der Waals surface area contributed by atoms with Crippen LogP contribution in [0.3, 0.4) is 0 Å². The highest BCUT2D eigenvalue weighted by Crippen LogP contribution is 2.37. The number of hydrogen-bond acceptors (Lipinski definition) is 4. The van der Waals surface area contributed by atoms with E-state index in [-0.39, 0.29) is 5.69 Å². The van der Waals surface area contributed by atoms with Gasteiger partial charge in [0.25, 0.3) is 0 Å². The van der Waals surface area contributed by atoms with Gasteiger partial charge in [-0.15, -0.1) is 0 Å². The number of aromatic amines is 2. The number of imidazole rings is 1. The van der Waals surface area contributed by atoms with E-state index in [0.29, 0.717) is 35.2 Å². The van der Waals surface area contributed by atoms with Gasteiger partial charge in [-0.2, -0.15) is 0 Å². The zero-order chi connectivity index (χ0) is 16.8. The number of nitrogens with one attached hydrogen (secondary N) is 2. The summed E-state index contributed by atoms with van der Waals surface area (Å²) in [6.45, 7) is 7.59. The summed E-state index contributed by atoms with van der Waals surface area (Å²) in [6.07, 6.45) is 1.10. The lowest BCUT2D eigenvalue weighted by molar-refractivity contribution is 0.0297. The molecule has 6 heteroatoms. The first-order valence-electron chi connectivity index (χ1n) is 7.81. The van der Waals surface area contributed by atoms with E-state index in [9.17, 15) is 9.90 Å². The number of aryl methyl sites for hydroxylation is 2. The van der Waals surface area contributed by atoms with E-state index >= 15 is 0 Å². The molecule has 3 aromatic rings. The van der Waals surface area contributed by atoms with Crippen LogP contribution in [0.1, 0.15) is 43.7 Å². The van der Waals surface area contributed by atoms with Crippen LogP contribution in [-0.4, -0.2) is 20.2 Å². The molecule has 0 radical (unpaired) electrons. The van der Waals surface area contributed by atoms with Crippen molar-refractivity contribution < 1.29 is 9.63 Å². The largest absolute Gasteiger partial charge is 0.385 e. The van der Waals surface area contributed by atoms with Crippen molar-refractivity contribution in [2.45, 2.75) is 46.1 Å². The second-order valence-corrected chi connectivity index (χ2v) is 5.96. The molecule has 1 aromatic carbocycles. The summed E-state index contributed by atoms with van der Waals surface area (Å²) >= 11 is 0. The molecular formula is C17H21N3O3. The molecule has 0 aliphatic heterocycles. The van der Waals surface area contributed by atoms with Crippen LogP contribution in [-0.2, 0) is 5.60 Å². The number of H-pyrrole nitrogens is 2. The summed E-state index contributed by atoms with van der Waals surface area (Å²) in [7, 11) is 0. The summed E-state index contributed by atoms with van der Waals surface area (Å²) in [5.41, 5.74) is 3.30. The minimum Gasteiger partial charge on any atom is -0.385 e. The Morgan fingerprint density at radius 2 is 1.91 bits per heavy atom. The lowest BCUT2D eigenvalue weighted by Gasteiger charge is -2.27. The van der Waals surface area contributed by atoms with Crippen LogP contribution in [0.2, 0.25) is 0 Å². The van der Waals surface area contributed by atoms with Crippen molar-refractivity contribution in [2.24, 2.45) is 0 Å². The molecule has 0 amide bonds. The summed E-state index contributed by atoms with van der Waals surface area (Å²) in [5, 5.41) is 15.0. The highest BCUT2D eigenvalue weighted by Gasteiger charge is 2.29. The van der Waals surface area contributed by atoms with Crippen molar-refractivity contribution in [3.63, 3.8) is 0 Å². The molecule has 3 N–H and O–H groups in total. The van der Waals surface area contributed by atoms with E-state index in [4.69, 9.17) is 4.52 Å². The molecule has 0 fully saturated rings. The minimum atomic E-state index is -1.00. The SMILES string of the molecule is CCC(O)(CC)c1cc(-c2c(C)noc2C)cc2[nH]c(=O)[nH]c12. The zero-order valence-electron chi connectivity index (χ0n) is 13.8. The maximum Gasteiger partial charge on any atom is 0.323 e. The molecule has 0 saturated carbocycles. The maximum absolute atomic E-state index is 11.8. The predicted octanol–water partition coefficient (Wildman–Crippen LogP) is 3.14. The van der Waals surface area contributed by atoms with Crippen molar-refractivity contribution in [3.05, 3.63) is 39.6 Å². The Bertz CT molecular complexity index is 893. The van der Waals surface area contributed by atoms with Crippen molar-refractivity contribution in [1.29, 1.82) is 0 Å². The molecule has 6 nitrogen and oxygen atoms in total. The van der Waals surface area contributed by atoms with E-state index in [1.54, 1.807) is 0 Å². The fourth-order valence-electron chi connectivity index (χ4n) is 3.18. The number of nitrogens with zero attached hydrogens (tertiary/aromatic N) is 1. The standard InChI is InChI=1S/C17H21N3O3/c1-5-17(22,6-2)12-7-11(14-9(3)20-23-10(14)4)8-13-15(12)19-16(21)18-13/h7-8,22H,5-6H2,1-4H3,(H2,18,19,21). The molecule has 0 bridgehead atoms. The van der Waals surface area contributed by atoms with Gasteiger partial charge in [-0.1, -0.05) is 19.0 Å². The number of hydrogen-bond donors (Lipinski definition) is 3. The number of aromatic nitrogens is 3. The summed E-state index contributed by atoms with van der Waals surface area (Å²) < 4.78 is 5.25. The minimum absolute atomic E-state index is 0.285. The van der Waals surface area contributed by atoms with Crippen molar-refractivity contribution in [3.8, 4) is 11.1 Å². The Hall–Kier alpha value is -2.34. The fourth-order valence-corrected chi connectivity index (χ4v) is 3.18. The topological polar surface area (TPSA) is 94.9 Å². The van der Waals surface area contributed by atoms with E-state index in [1.807, 2.05) is 39.8 Å². The van der Waals surface area contributed by atoms with Gasteiger partial charge in [0.2, 0.25) is 0 Å². The van der Waals surface area contributed by atoms with Gasteiger partial charge >= 0.3 is 5.69 Å². The van der Waals surface area contributed by atoms with Crippen molar-refractivity contribution in [1.82, 2.24) is 15.1 Å². The van der Waals surface area contributed by atoms with Crippen LogP contribution in [0.15, 0.2) is 21.5 Å². The van der Waals surface area contributed by atoms with E-state index in [1.165, 1.54) is 0 Å². The first kappa shape index (κ1) is 15.6. The molecule has 23 heavy (non-hydrogen) atoms. The molecule has 0 aliphatic rings. The van der Waals surface area contributed by atoms with Crippen LogP contribution >= 0.6 is 0 Å². The normalized spacial score (nSPS) is 12.2. The predicted molar refractivity (Wildman–Crippen MR) is 88.4 cm³/mol. The van der Waals surface area contributed by atoms with Gasteiger partial charge in [0, 0.05) is 11.1 Å². The quantitative estimate of drug-likeness (QED) is 0.689. The summed E-state index contributed by atoms with van der Waals surface area (Å²) in [4.78, 5) is 17.3. The molecule has 0 spiro atoms. The summed E-state index contributed by atoms with van der Waals surface area (Å²) in [6, 6.07) is 3.81. The van der Waals surface area contributed by atoms with E-state index < -0.39 is 5.60 Å². The molecular weight excluding hydrogens is 294 g/mol. The smallest absolute Gasteiger partial charge is 0.323 e. The van der Waals surface area contributed by atoms with Crippen LogP contribution in [0.25, 0.3) is 22.2 Å². The number of benzene rings is 1. The van der Waals surface area contributed by atoms with Gasteiger partial charge in [-0.3, -0.25) is 0 Å². The molecule has 2 heterocycles. The molecule has 3 rings (SSSR count). The number of aliphatic hydroxyl groups is 1. The number of rotatable bonds is 4. The molecule has 122 valence electrons. The number of fused-ring (bicyclic) bond motifs is 1. The Kier molecular flexibility index (Phi) is 3.64. The second kappa shape index (κ2) is 5.38. The monoisotopic (exact) mass is 315 g/mol. The molecule has 0 aliphatic carbocycles.